The van der Waals surface area contributed by atoms with E-state index in [4.69, 9.17) is 9.47 Å². The van der Waals surface area contributed by atoms with Crippen molar-refractivity contribution in [2.75, 3.05) is 39.4 Å². The van der Waals surface area contributed by atoms with Gasteiger partial charge in [-0.3, -0.25) is 14.4 Å². The summed E-state index contributed by atoms with van der Waals surface area (Å²) in [5, 5.41) is 4.52. The average Bonchev–Trinajstić information content (AvgIpc) is 3.09. The Morgan fingerprint density at radius 1 is 1.03 bits per heavy atom. The molecule has 0 N–H and O–H groups in total. The Bertz CT molecular complexity index is 825. The van der Waals surface area contributed by atoms with E-state index in [0.29, 0.717) is 30.3 Å². The van der Waals surface area contributed by atoms with Crippen LogP contribution in [0.25, 0.3) is 0 Å². The fourth-order valence-corrected chi connectivity index (χ4v) is 3.59. The molecule has 0 aliphatic carbocycles. The van der Waals surface area contributed by atoms with Crippen molar-refractivity contribution in [3.63, 3.8) is 0 Å². The first kappa shape index (κ1) is 21.2. The molecule has 7 nitrogen and oxygen atoms in total. The Kier molecular flexibility index (Phi) is 7.14. The van der Waals surface area contributed by atoms with Gasteiger partial charge >= 0.3 is 0 Å². The third-order valence-corrected chi connectivity index (χ3v) is 5.22. The molecule has 0 radical (unpaired) electrons. The molecule has 2 aromatic rings. The van der Waals surface area contributed by atoms with E-state index in [1.165, 1.54) is 5.56 Å². The molecule has 1 fully saturated rings. The van der Waals surface area contributed by atoms with E-state index in [0.717, 1.165) is 45.0 Å². The van der Waals surface area contributed by atoms with Crippen LogP contribution in [0.1, 0.15) is 42.4 Å². The number of ether oxygens (including phenoxy) is 2. The van der Waals surface area contributed by atoms with Crippen LogP contribution in [0.2, 0.25) is 0 Å². The van der Waals surface area contributed by atoms with E-state index in [1.54, 1.807) is 6.07 Å². The lowest BCUT2D eigenvalue weighted by atomic mass is 10.1. The number of carbonyl (C=O) groups excluding carboxylic acids is 1. The van der Waals surface area contributed by atoms with E-state index in [9.17, 15) is 4.79 Å². The van der Waals surface area contributed by atoms with Gasteiger partial charge in [0, 0.05) is 56.6 Å². The van der Waals surface area contributed by atoms with Crippen LogP contribution in [0.5, 0.6) is 11.5 Å². The van der Waals surface area contributed by atoms with Crippen molar-refractivity contribution in [3.8, 4) is 11.5 Å². The zero-order valence-electron chi connectivity index (χ0n) is 18.0. The Morgan fingerprint density at radius 3 is 2.34 bits per heavy atom. The van der Waals surface area contributed by atoms with Crippen LogP contribution >= 0.6 is 0 Å². The number of nitrogens with zero attached hydrogens (tertiary/aromatic N) is 4. The van der Waals surface area contributed by atoms with E-state index in [2.05, 4.69) is 30.0 Å². The number of aryl methyl sites for hydroxylation is 2. The normalized spacial score (nSPS) is 14.8. The van der Waals surface area contributed by atoms with Crippen LogP contribution in [0, 0.1) is 6.92 Å². The summed E-state index contributed by atoms with van der Waals surface area (Å²) >= 11 is 0. The van der Waals surface area contributed by atoms with Crippen LogP contribution in [0.3, 0.4) is 0 Å². The molecule has 0 atom stereocenters. The van der Waals surface area contributed by atoms with E-state index in [1.807, 2.05) is 35.6 Å². The van der Waals surface area contributed by atoms with Gasteiger partial charge in [-0.25, -0.2) is 0 Å². The van der Waals surface area contributed by atoms with Crippen LogP contribution in [-0.2, 0) is 13.1 Å². The molecular formula is C22H32N4O3. The Labute approximate surface area is 173 Å². The summed E-state index contributed by atoms with van der Waals surface area (Å²) in [5.41, 5.74) is 2.99. The third-order valence-electron chi connectivity index (χ3n) is 5.22. The summed E-state index contributed by atoms with van der Waals surface area (Å²) < 4.78 is 13.2. The van der Waals surface area contributed by atoms with E-state index >= 15 is 0 Å². The van der Waals surface area contributed by atoms with Gasteiger partial charge in [0.1, 0.15) is 0 Å². The van der Waals surface area contributed by atoms with Gasteiger partial charge in [-0.2, -0.15) is 5.10 Å². The highest BCUT2D eigenvalue weighted by Crippen LogP contribution is 2.29. The molecule has 0 saturated carbocycles. The minimum Gasteiger partial charge on any atom is -0.490 e. The first-order chi connectivity index (χ1) is 14.0. The standard InChI is InChI=1S/C22H32N4O3/c1-5-26-16-19(17(4)23-26)15-24-10-12-25(13-11-24)22(27)18-8-9-20(28-6-2)21(14-18)29-7-3/h8-9,14,16H,5-7,10-13,15H2,1-4H3. The molecule has 1 aliphatic rings. The molecule has 1 amide bonds. The zero-order valence-corrected chi connectivity index (χ0v) is 18.0. The first-order valence-electron chi connectivity index (χ1n) is 10.5. The number of amides is 1. The summed E-state index contributed by atoms with van der Waals surface area (Å²) in [6, 6.07) is 5.45. The maximum atomic E-state index is 13.0. The molecule has 2 heterocycles. The van der Waals surface area contributed by atoms with Gasteiger partial charge in [0.15, 0.2) is 11.5 Å². The van der Waals surface area contributed by atoms with Crippen molar-refractivity contribution in [1.29, 1.82) is 0 Å². The van der Waals surface area contributed by atoms with Crippen molar-refractivity contribution in [1.82, 2.24) is 19.6 Å². The van der Waals surface area contributed by atoms with Crippen molar-refractivity contribution in [3.05, 3.63) is 41.2 Å². The fourth-order valence-electron chi connectivity index (χ4n) is 3.59. The highest BCUT2D eigenvalue weighted by Gasteiger charge is 2.24. The molecule has 3 rings (SSSR count). The zero-order chi connectivity index (χ0) is 20.8. The monoisotopic (exact) mass is 400 g/mol. The second kappa shape index (κ2) is 9.78. The third kappa shape index (κ3) is 5.09. The second-order valence-corrected chi connectivity index (χ2v) is 7.19. The van der Waals surface area contributed by atoms with Crippen LogP contribution in [0.15, 0.2) is 24.4 Å². The summed E-state index contributed by atoms with van der Waals surface area (Å²) in [6.45, 7) is 14.0. The molecule has 1 aliphatic heterocycles. The quantitative estimate of drug-likeness (QED) is 0.682. The van der Waals surface area contributed by atoms with E-state index in [-0.39, 0.29) is 5.91 Å². The van der Waals surface area contributed by atoms with Gasteiger partial charge in [0.25, 0.3) is 5.91 Å². The summed E-state index contributed by atoms with van der Waals surface area (Å²) in [5.74, 6) is 1.35. The maximum absolute atomic E-state index is 13.0. The minimum absolute atomic E-state index is 0.0450. The lowest BCUT2D eigenvalue weighted by molar-refractivity contribution is 0.0627. The fraction of sp³-hybridized carbons (Fsp3) is 0.545. The molecule has 1 aromatic heterocycles. The maximum Gasteiger partial charge on any atom is 0.254 e. The number of piperazine rings is 1. The average molecular weight is 401 g/mol. The number of rotatable bonds is 8. The molecule has 29 heavy (non-hydrogen) atoms. The predicted molar refractivity (Wildman–Crippen MR) is 113 cm³/mol. The number of carbonyl (C=O) groups is 1. The SMILES string of the molecule is CCOc1ccc(C(=O)N2CCN(Cc3cn(CC)nc3C)CC2)cc1OCC. The number of benzene rings is 1. The Morgan fingerprint density at radius 2 is 1.72 bits per heavy atom. The van der Waals surface area contributed by atoms with Crippen molar-refractivity contribution in [2.24, 2.45) is 0 Å². The summed E-state index contributed by atoms with van der Waals surface area (Å²) in [7, 11) is 0. The second-order valence-electron chi connectivity index (χ2n) is 7.19. The molecule has 0 spiro atoms. The van der Waals surface area contributed by atoms with Gasteiger partial charge in [-0.05, 0) is 45.9 Å². The smallest absolute Gasteiger partial charge is 0.254 e. The Balaban J connectivity index is 1.60. The lowest BCUT2D eigenvalue weighted by Gasteiger charge is -2.34. The van der Waals surface area contributed by atoms with Crippen LogP contribution in [-0.4, -0.2) is 64.9 Å². The van der Waals surface area contributed by atoms with E-state index < -0.39 is 0 Å². The molecule has 0 bridgehead atoms. The highest BCUT2D eigenvalue weighted by atomic mass is 16.5. The molecule has 1 aromatic carbocycles. The Hall–Kier alpha value is -2.54. The summed E-state index contributed by atoms with van der Waals surface area (Å²) in [4.78, 5) is 17.3. The molecule has 1 saturated heterocycles. The minimum atomic E-state index is 0.0450. The lowest BCUT2D eigenvalue weighted by Crippen LogP contribution is -2.48. The number of hydrogen-bond acceptors (Lipinski definition) is 5. The molecule has 7 heteroatoms. The number of hydrogen-bond donors (Lipinski definition) is 0. The van der Waals surface area contributed by atoms with Gasteiger partial charge in [0.2, 0.25) is 0 Å². The van der Waals surface area contributed by atoms with Gasteiger partial charge in [-0.1, -0.05) is 0 Å². The summed E-state index contributed by atoms with van der Waals surface area (Å²) in [6.07, 6.45) is 2.13. The first-order valence-corrected chi connectivity index (χ1v) is 10.5. The van der Waals surface area contributed by atoms with Crippen LogP contribution in [0.4, 0.5) is 0 Å². The van der Waals surface area contributed by atoms with Crippen LogP contribution < -0.4 is 9.47 Å². The van der Waals surface area contributed by atoms with Crippen molar-refractivity contribution in [2.45, 2.75) is 40.8 Å². The molecular weight excluding hydrogens is 368 g/mol. The van der Waals surface area contributed by atoms with Gasteiger partial charge in [-0.15, -0.1) is 0 Å². The predicted octanol–water partition coefficient (Wildman–Crippen LogP) is 2.97. The van der Waals surface area contributed by atoms with Gasteiger partial charge < -0.3 is 14.4 Å². The largest absolute Gasteiger partial charge is 0.490 e. The number of aromatic nitrogens is 2. The molecule has 158 valence electrons. The highest BCUT2D eigenvalue weighted by molar-refractivity contribution is 5.95. The topological polar surface area (TPSA) is 59.8 Å². The van der Waals surface area contributed by atoms with Crippen molar-refractivity contribution < 1.29 is 14.3 Å². The van der Waals surface area contributed by atoms with Gasteiger partial charge in [0.05, 0.1) is 18.9 Å². The van der Waals surface area contributed by atoms with Crippen molar-refractivity contribution >= 4 is 5.91 Å². The molecule has 0 unspecified atom stereocenters.